The number of aromatic nitrogens is 1. The molecule has 4 rings (SSSR count). The topological polar surface area (TPSA) is 48.9 Å². The number of piperazine rings is 1. The maximum absolute atomic E-state index is 12.6. The van der Waals surface area contributed by atoms with Gasteiger partial charge in [0.2, 0.25) is 0 Å². The first-order valence-electron chi connectivity index (χ1n) is 9.63. The maximum Gasteiger partial charge on any atom is 0.255 e. The summed E-state index contributed by atoms with van der Waals surface area (Å²) in [4.78, 5) is 23.6. The van der Waals surface area contributed by atoms with E-state index < -0.39 is 0 Å². The molecular weight excluding hydrogens is 340 g/mol. The van der Waals surface area contributed by atoms with E-state index >= 15 is 0 Å². The van der Waals surface area contributed by atoms with Crippen LogP contribution in [0.5, 0.6) is 5.75 Å². The monoisotopic (exact) mass is 366 g/mol. The third-order valence-electron chi connectivity index (χ3n) is 5.43. The Morgan fingerprint density at radius 2 is 1.67 bits per heavy atom. The fraction of sp³-hybridized carbons (Fsp3) is 0.429. The molecule has 142 valence electrons. The summed E-state index contributed by atoms with van der Waals surface area (Å²) in [6.07, 6.45) is 5.75. The lowest BCUT2D eigenvalue weighted by atomic mass is 10.2. The summed E-state index contributed by atoms with van der Waals surface area (Å²) >= 11 is 0. The summed E-state index contributed by atoms with van der Waals surface area (Å²) < 4.78 is 5.49. The van der Waals surface area contributed by atoms with Crippen LogP contribution in [0, 0.1) is 0 Å². The predicted molar refractivity (Wildman–Crippen MR) is 107 cm³/mol. The minimum Gasteiger partial charge on any atom is -0.495 e. The number of benzene rings is 1. The van der Waals surface area contributed by atoms with Crippen molar-refractivity contribution in [1.82, 2.24) is 9.88 Å². The molecule has 2 aliphatic heterocycles. The van der Waals surface area contributed by atoms with Crippen molar-refractivity contribution in [2.24, 2.45) is 0 Å². The molecule has 0 N–H and O–H groups in total. The van der Waals surface area contributed by atoms with Gasteiger partial charge in [0.25, 0.3) is 5.91 Å². The van der Waals surface area contributed by atoms with Crippen LogP contribution in [0.1, 0.15) is 23.2 Å². The highest BCUT2D eigenvalue weighted by molar-refractivity contribution is 5.95. The van der Waals surface area contributed by atoms with Gasteiger partial charge in [0.05, 0.1) is 30.2 Å². The summed E-state index contributed by atoms with van der Waals surface area (Å²) in [7, 11) is 1.71. The molecule has 3 heterocycles. The van der Waals surface area contributed by atoms with Crippen LogP contribution in [-0.4, -0.2) is 62.2 Å². The number of anilines is 2. The van der Waals surface area contributed by atoms with Crippen LogP contribution in [0.2, 0.25) is 0 Å². The number of nitrogens with zero attached hydrogens (tertiary/aromatic N) is 4. The van der Waals surface area contributed by atoms with Gasteiger partial charge in [-0.15, -0.1) is 0 Å². The number of carbonyl (C=O) groups excluding carboxylic acids is 1. The molecule has 6 nitrogen and oxygen atoms in total. The van der Waals surface area contributed by atoms with Gasteiger partial charge in [0.15, 0.2) is 0 Å². The van der Waals surface area contributed by atoms with Crippen molar-refractivity contribution in [3.05, 3.63) is 48.3 Å². The SMILES string of the molecule is COc1ccccc1N1CCN(c2cncc(C(=O)N3CCCC3)c2)CC1. The van der Waals surface area contributed by atoms with Crippen molar-refractivity contribution in [2.75, 3.05) is 56.2 Å². The van der Waals surface area contributed by atoms with Crippen LogP contribution in [-0.2, 0) is 0 Å². The standard InChI is InChI=1S/C21H26N4O2/c1-27-20-7-3-2-6-19(20)24-12-10-23(11-13-24)18-14-17(15-22-16-18)21(26)25-8-4-5-9-25/h2-3,6-7,14-16H,4-5,8-13H2,1H3. The summed E-state index contributed by atoms with van der Waals surface area (Å²) in [6, 6.07) is 10.1. The fourth-order valence-electron chi connectivity index (χ4n) is 3.92. The number of methoxy groups -OCH3 is 1. The van der Waals surface area contributed by atoms with Crippen LogP contribution in [0.25, 0.3) is 0 Å². The minimum atomic E-state index is 0.106. The third kappa shape index (κ3) is 3.70. The molecule has 1 amide bonds. The van der Waals surface area contributed by atoms with Crippen LogP contribution >= 0.6 is 0 Å². The number of likely N-dealkylation sites (tertiary alicyclic amines) is 1. The lowest BCUT2D eigenvalue weighted by molar-refractivity contribution is 0.0792. The first-order chi connectivity index (χ1) is 13.3. The Kier molecular flexibility index (Phi) is 5.14. The van der Waals surface area contributed by atoms with E-state index in [4.69, 9.17) is 4.74 Å². The number of pyridine rings is 1. The van der Waals surface area contributed by atoms with Crippen LogP contribution in [0.4, 0.5) is 11.4 Å². The van der Waals surface area contributed by atoms with E-state index in [1.54, 1.807) is 13.3 Å². The van der Waals surface area contributed by atoms with Crippen LogP contribution in [0.15, 0.2) is 42.7 Å². The molecule has 2 aliphatic rings. The number of amides is 1. The van der Waals surface area contributed by atoms with Gasteiger partial charge in [-0.3, -0.25) is 9.78 Å². The lowest BCUT2D eigenvalue weighted by Crippen LogP contribution is -2.46. The second-order valence-corrected chi connectivity index (χ2v) is 7.08. The summed E-state index contributed by atoms with van der Waals surface area (Å²) in [5.41, 5.74) is 2.86. The smallest absolute Gasteiger partial charge is 0.255 e. The zero-order chi connectivity index (χ0) is 18.6. The van der Waals surface area contributed by atoms with Crippen molar-refractivity contribution in [3.8, 4) is 5.75 Å². The Labute approximate surface area is 160 Å². The van der Waals surface area contributed by atoms with Crippen LogP contribution < -0.4 is 14.5 Å². The van der Waals surface area contributed by atoms with Gasteiger partial charge in [0.1, 0.15) is 5.75 Å². The van der Waals surface area contributed by atoms with Gasteiger partial charge in [-0.25, -0.2) is 0 Å². The quantitative estimate of drug-likeness (QED) is 0.833. The summed E-state index contributed by atoms with van der Waals surface area (Å²) in [5, 5.41) is 0. The maximum atomic E-state index is 12.6. The lowest BCUT2D eigenvalue weighted by Gasteiger charge is -2.37. The molecular formula is C21H26N4O2. The normalized spacial score (nSPS) is 17.3. The van der Waals surface area contributed by atoms with Gasteiger partial charge in [-0.2, -0.15) is 0 Å². The molecule has 27 heavy (non-hydrogen) atoms. The van der Waals surface area contributed by atoms with E-state index in [2.05, 4.69) is 20.9 Å². The zero-order valence-corrected chi connectivity index (χ0v) is 15.8. The second-order valence-electron chi connectivity index (χ2n) is 7.08. The third-order valence-corrected chi connectivity index (χ3v) is 5.43. The van der Waals surface area contributed by atoms with Crippen molar-refractivity contribution >= 4 is 17.3 Å². The highest BCUT2D eigenvalue weighted by Crippen LogP contribution is 2.29. The molecule has 0 spiro atoms. The Balaban J connectivity index is 1.44. The highest BCUT2D eigenvalue weighted by atomic mass is 16.5. The van der Waals surface area contributed by atoms with Gasteiger partial charge < -0.3 is 19.4 Å². The average Bonchev–Trinajstić information content (AvgIpc) is 3.28. The van der Waals surface area contributed by atoms with Gasteiger partial charge in [-0.05, 0) is 31.0 Å². The Morgan fingerprint density at radius 1 is 0.963 bits per heavy atom. The molecule has 0 unspecified atom stereocenters. The highest BCUT2D eigenvalue weighted by Gasteiger charge is 2.23. The fourth-order valence-corrected chi connectivity index (χ4v) is 3.92. The molecule has 0 atom stereocenters. The molecule has 2 saturated heterocycles. The number of rotatable bonds is 4. The van der Waals surface area contributed by atoms with Crippen molar-refractivity contribution < 1.29 is 9.53 Å². The van der Waals surface area contributed by atoms with Gasteiger partial charge in [0, 0.05) is 45.5 Å². The van der Waals surface area contributed by atoms with E-state index in [0.717, 1.165) is 69.2 Å². The Bertz CT molecular complexity index is 796. The van der Waals surface area contributed by atoms with Crippen LogP contribution in [0.3, 0.4) is 0 Å². The Morgan fingerprint density at radius 3 is 2.41 bits per heavy atom. The predicted octanol–water partition coefficient (Wildman–Crippen LogP) is 2.65. The molecule has 2 fully saturated rings. The molecule has 0 bridgehead atoms. The van der Waals surface area contributed by atoms with E-state index in [0.29, 0.717) is 5.56 Å². The van der Waals surface area contributed by atoms with E-state index in [9.17, 15) is 4.79 Å². The second kappa shape index (κ2) is 7.86. The molecule has 6 heteroatoms. The molecule has 0 aliphatic carbocycles. The number of ether oxygens (including phenoxy) is 1. The van der Waals surface area contributed by atoms with E-state index in [-0.39, 0.29) is 5.91 Å². The number of para-hydroxylation sites is 2. The number of carbonyl (C=O) groups is 1. The van der Waals surface area contributed by atoms with E-state index in [1.165, 1.54) is 0 Å². The van der Waals surface area contributed by atoms with Crippen molar-refractivity contribution in [1.29, 1.82) is 0 Å². The summed E-state index contributed by atoms with van der Waals surface area (Å²) in [6.45, 7) is 5.32. The van der Waals surface area contributed by atoms with E-state index in [1.807, 2.05) is 35.4 Å². The largest absolute Gasteiger partial charge is 0.495 e. The zero-order valence-electron chi connectivity index (χ0n) is 15.8. The number of hydrogen-bond donors (Lipinski definition) is 0. The molecule has 1 aromatic heterocycles. The van der Waals surface area contributed by atoms with Gasteiger partial charge in [-0.1, -0.05) is 12.1 Å². The molecule has 2 aromatic rings. The molecule has 1 aromatic carbocycles. The summed E-state index contributed by atoms with van der Waals surface area (Å²) in [5.74, 6) is 1.01. The average molecular weight is 366 g/mol. The molecule has 0 saturated carbocycles. The van der Waals surface area contributed by atoms with Crippen molar-refractivity contribution in [3.63, 3.8) is 0 Å². The first-order valence-corrected chi connectivity index (χ1v) is 9.63. The molecule has 0 radical (unpaired) electrons. The van der Waals surface area contributed by atoms with Crippen molar-refractivity contribution in [2.45, 2.75) is 12.8 Å². The number of hydrogen-bond acceptors (Lipinski definition) is 5. The van der Waals surface area contributed by atoms with Gasteiger partial charge >= 0.3 is 0 Å². The first kappa shape index (κ1) is 17.6. The Hall–Kier alpha value is -2.76. The minimum absolute atomic E-state index is 0.106.